The van der Waals surface area contributed by atoms with E-state index in [9.17, 15) is 0 Å². The Labute approximate surface area is 173 Å². The Morgan fingerprint density at radius 3 is 2.03 bits per heavy atom. The molecule has 2 aromatic heterocycles. The number of imidazole rings is 2. The van der Waals surface area contributed by atoms with Gasteiger partial charge in [0.15, 0.2) is 0 Å². The maximum absolute atomic E-state index is 5.25. The molecule has 29 heavy (non-hydrogen) atoms. The van der Waals surface area contributed by atoms with Gasteiger partial charge in [-0.1, -0.05) is 7.43 Å². The SMILES string of the molecule is C.Cn1cnc2c1CCN(C[C@@H]1CO1)C2.Cn1cnc2c1CN(C[C@@H]1CO1)CC2. The first-order valence-corrected chi connectivity index (χ1v) is 10.3. The van der Waals surface area contributed by atoms with Crippen molar-refractivity contribution in [2.75, 3.05) is 39.4 Å². The molecule has 4 aliphatic heterocycles. The van der Waals surface area contributed by atoms with Gasteiger partial charge in [-0.05, 0) is 0 Å². The Morgan fingerprint density at radius 2 is 1.38 bits per heavy atom. The van der Waals surface area contributed by atoms with E-state index in [2.05, 4.69) is 43.0 Å². The predicted octanol–water partition coefficient (Wildman–Crippen LogP) is 0.990. The lowest BCUT2D eigenvalue weighted by atomic mass is 10.1. The number of hydrogen-bond donors (Lipinski definition) is 0. The van der Waals surface area contributed by atoms with Crippen molar-refractivity contribution in [1.82, 2.24) is 28.9 Å². The number of hydrogen-bond acceptors (Lipinski definition) is 6. The first-order chi connectivity index (χ1) is 13.7. The summed E-state index contributed by atoms with van der Waals surface area (Å²) in [6.07, 6.45) is 7.05. The number of aryl methyl sites for hydroxylation is 2. The molecule has 0 saturated carbocycles. The summed E-state index contributed by atoms with van der Waals surface area (Å²) < 4.78 is 14.8. The fourth-order valence-corrected chi connectivity index (χ4v) is 4.22. The number of ether oxygens (including phenoxy) is 2. The molecule has 6 rings (SSSR count). The van der Waals surface area contributed by atoms with Gasteiger partial charge >= 0.3 is 0 Å². The van der Waals surface area contributed by atoms with Gasteiger partial charge in [0.1, 0.15) is 0 Å². The van der Waals surface area contributed by atoms with E-state index in [-0.39, 0.29) is 7.43 Å². The van der Waals surface area contributed by atoms with E-state index in [1.165, 1.54) is 22.8 Å². The van der Waals surface area contributed by atoms with Gasteiger partial charge in [-0.2, -0.15) is 0 Å². The highest BCUT2D eigenvalue weighted by molar-refractivity contribution is 5.17. The zero-order valence-electron chi connectivity index (χ0n) is 16.9. The fraction of sp³-hybridized carbons (Fsp3) is 0.714. The van der Waals surface area contributed by atoms with Crippen molar-refractivity contribution in [3.05, 3.63) is 35.4 Å². The fourth-order valence-electron chi connectivity index (χ4n) is 4.22. The molecule has 160 valence electrons. The van der Waals surface area contributed by atoms with Crippen LogP contribution in [-0.2, 0) is 49.5 Å². The zero-order valence-corrected chi connectivity index (χ0v) is 16.9. The quantitative estimate of drug-likeness (QED) is 0.711. The lowest BCUT2D eigenvalue weighted by Gasteiger charge is -2.26. The third-order valence-corrected chi connectivity index (χ3v) is 6.10. The van der Waals surface area contributed by atoms with Crippen molar-refractivity contribution >= 4 is 0 Å². The molecule has 2 saturated heterocycles. The van der Waals surface area contributed by atoms with Gasteiger partial charge in [-0.25, -0.2) is 9.97 Å². The van der Waals surface area contributed by atoms with E-state index in [0.717, 1.165) is 65.3 Å². The Hall–Kier alpha value is -1.74. The number of nitrogens with zero attached hydrogens (tertiary/aromatic N) is 6. The van der Waals surface area contributed by atoms with Crippen LogP contribution >= 0.6 is 0 Å². The largest absolute Gasteiger partial charge is 0.372 e. The predicted molar refractivity (Wildman–Crippen MR) is 111 cm³/mol. The normalized spacial score (nSPS) is 25.3. The molecule has 0 bridgehead atoms. The summed E-state index contributed by atoms with van der Waals surface area (Å²) in [6.45, 7) is 8.37. The highest BCUT2D eigenvalue weighted by Gasteiger charge is 2.29. The number of aromatic nitrogens is 4. The second-order valence-electron chi connectivity index (χ2n) is 8.38. The van der Waals surface area contributed by atoms with E-state index < -0.39 is 0 Å². The van der Waals surface area contributed by atoms with Crippen LogP contribution in [0, 0.1) is 0 Å². The monoisotopic (exact) mass is 402 g/mol. The van der Waals surface area contributed by atoms with Crippen LogP contribution in [0.4, 0.5) is 0 Å². The zero-order chi connectivity index (χ0) is 19.1. The molecular formula is C21H34N6O2. The summed E-state index contributed by atoms with van der Waals surface area (Å²) in [7, 11) is 4.15. The molecule has 0 amide bonds. The molecule has 0 spiro atoms. The minimum Gasteiger partial charge on any atom is -0.372 e. The van der Waals surface area contributed by atoms with Gasteiger partial charge in [0.05, 0.1) is 55.2 Å². The van der Waals surface area contributed by atoms with Crippen LogP contribution in [0.25, 0.3) is 0 Å². The molecule has 8 nitrogen and oxygen atoms in total. The van der Waals surface area contributed by atoms with Crippen molar-refractivity contribution in [1.29, 1.82) is 0 Å². The van der Waals surface area contributed by atoms with Gasteiger partial charge in [0.2, 0.25) is 0 Å². The summed E-state index contributed by atoms with van der Waals surface area (Å²) in [5, 5.41) is 0. The molecule has 0 radical (unpaired) electrons. The molecule has 0 aromatic carbocycles. The molecule has 2 atom stereocenters. The Kier molecular flexibility index (Phi) is 6.06. The van der Waals surface area contributed by atoms with Crippen molar-refractivity contribution < 1.29 is 9.47 Å². The van der Waals surface area contributed by atoms with Crippen LogP contribution in [0.3, 0.4) is 0 Å². The van der Waals surface area contributed by atoms with Crippen molar-refractivity contribution in [3.8, 4) is 0 Å². The average molecular weight is 403 g/mol. The van der Waals surface area contributed by atoms with Crippen LogP contribution in [0.5, 0.6) is 0 Å². The minimum absolute atomic E-state index is 0. The highest BCUT2D eigenvalue weighted by atomic mass is 16.6. The van der Waals surface area contributed by atoms with Gasteiger partial charge < -0.3 is 18.6 Å². The van der Waals surface area contributed by atoms with Crippen LogP contribution < -0.4 is 0 Å². The first kappa shape index (κ1) is 20.5. The Bertz CT molecular complexity index is 823. The number of epoxide rings is 2. The highest BCUT2D eigenvalue weighted by Crippen LogP contribution is 2.20. The van der Waals surface area contributed by atoms with Crippen LogP contribution in [-0.4, -0.2) is 80.5 Å². The summed E-state index contributed by atoms with van der Waals surface area (Å²) in [5.74, 6) is 0. The summed E-state index contributed by atoms with van der Waals surface area (Å²) >= 11 is 0. The Balaban J connectivity index is 0.000000137. The van der Waals surface area contributed by atoms with Gasteiger partial charge in [0.25, 0.3) is 0 Å². The van der Waals surface area contributed by atoms with E-state index in [1.54, 1.807) is 0 Å². The molecule has 0 aliphatic carbocycles. The molecule has 2 fully saturated rings. The molecule has 4 aliphatic rings. The van der Waals surface area contributed by atoms with Crippen LogP contribution in [0.15, 0.2) is 12.7 Å². The van der Waals surface area contributed by atoms with E-state index in [0.29, 0.717) is 12.2 Å². The molecule has 2 aromatic rings. The summed E-state index contributed by atoms with van der Waals surface area (Å²) in [6, 6.07) is 0. The molecule has 0 N–H and O–H groups in total. The lowest BCUT2D eigenvalue weighted by Crippen LogP contribution is -2.34. The standard InChI is InChI=1S/2C10H15N3O.CH4/c1-12-7-11-9-5-13(3-2-10(9)12)4-8-6-14-8;1-12-7-11-9-2-3-13(5-10(9)12)4-8-6-14-8;/h2*7-8H,2-6H2,1H3;1H4/t2*8-;/m11./s1. The van der Waals surface area contributed by atoms with Crippen molar-refractivity contribution in [3.63, 3.8) is 0 Å². The third kappa shape index (κ3) is 4.88. The molecule has 8 heteroatoms. The molecule has 0 unspecified atom stereocenters. The molecular weight excluding hydrogens is 368 g/mol. The van der Waals surface area contributed by atoms with Crippen LogP contribution in [0.2, 0.25) is 0 Å². The van der Waals surface area contributed by atoms with Crippen LogP contribution in [0.1, 0.15) is 30.2 Å². The smallest absolute Gasteiger partial charge is 0.0949 e. The van der Waals surface area contributed by atoms with E-state index in [4.69, 9.17) is 9.47 Å². The second kappa shape index (κ2) is 8.55. The first-order valence-electron chi connectivity index (χ1n) is 10.3. The maximum Gasteiger partial charge on any atom is 0.0949 e. The molecule has 6 heterocycles. The van der Waals surface area contributed by atoms with Crippen molar-refractivity contribution in [2.45, 2.75) is 45.6 Å². The second-order valence-corrected chi connectivity index (χ2v) is 8.38. The number of fused-ring (bicyclic) bond motifs is 2. The van der Waals surface area contributed by atoms with E-state index >= 15 is 0 Å². The van der Waals surface area contributed by atoms with Gasteiger partial charge in [-0.3, -0.25) is 9.80 Å². The van der Waals surface area contributed by atoms with Crippen molar-refractivity contribution in [2.24, 2.45) is 14.1 Å². The minimum atomic E-state index is 0. The van der Waals surface area contributed by atoms with Gasteiger partial charge in [0, 0.05) is 71.9 Å². The summed E-state index contributed by atoms with van der Waals surface area (Å²) in [4.78, 5) is 13.7. The number of rotatable bonds is 4. The maximum atomic E-state index is 5.25. The topological polar surface area (TPSA) is 67.2 Å². The van der Waals surface area contributed by atoms with E-state index in [1.807, 2.05) is 12.7 Å². The average Bonchev–Trinajstić information content (AvgIpc) is 3.62. The summed E-state index contributed by atoms with van der Waals surface area (Å²) in [5.41, 5.74) is 5.30. The Morgan fingerprint density at radius 1 is 0.828 bits per heavy atom. The van der Waals surface area contributed by atoms with Gasteiger partial charge in [-0.15, -0.1) is 0 Å². The lowest BCUT2D eigenvalue weighted by molar-refractivity contribution is 0.220. The third-order valence-electron chi connectivity index (χ3n) is 6.10.